The molecule has 1 unspecified atom stereocenters. The van der Waals surface area contributed by atoms with Gasteiger partial charge in [-0.2, -0.15) is 0 Å². The molecule has 4 N–H and O–H groups in total. The second-order valence-electron chi connectivity index (χ2n) is 5.96. The first-order chi connectivity index (χ1) is 11.0. The summed E-state index contributed by atoms with van der Waals surface area (Å²) in [6.07, 6.45) is 1.48. The lowest BCUT2D eigenvalue weighted by atomic mass is 9.88. The van der Waals surface area contributed by atoms with Crippen LogP contribution in [-0.2, 0) is 12.8 Å². The minimum absolute atomic E-state index is 0.0548. The predicted octanol–water partition coefficient (Wildman–Crippen LogP) is 2.67. The molecule has 5 heteroatoms. The summed E-state index contributed by atoms with van der Waals surface area (Å²) in [5.74, 6) is -0.460. The topological polar surface area (TPSA) is 84.2 Å². The molecule has 1 atom stereocenters. The summed E-state index contributed by atoms with van der Waals surface area (Å²) in [6, 6.07) is 8.17. The van der Waals surface area contributed by atoms with Crippen LogP contribution >= 0.6 is 0 Å². The fraction of sp³-hybridized carbons (Fsp3) is 0.333. The Morgan fingerprint density at radius 3 is 2.35 bits per heavy atom. The van der Waals surface area contributed by atoms with Crippen molar-refractivity contribution in [1.29, 1.82) is 0 Å². The van der Waals surface area contributed by atoms with E-state index in [1.807, 2.05) is 0 Å². The van der Waals surface area contributed by atoms with Crippen molar-refractivity contribution in [3.05, 3.63) is 47.0 Å². The Bertz CT molecular complexity index is 729. The zero-order chi connectivity index (χ0) is 16.6. The molecule has 1 aliphatic rings. The number of aromatic hydroxyl groups is 4. The van der Waals surface area contributed by atoms with Crippen LogP contribution in [0.25, 0.3) is 0 Å². The number of phenolic OH excluding ortho intramolecular Hbond substituents is 4. The number of likely N-dealkylation sites (N-methyl/N-ethyl adjacent to an activating group) is 1. The molecule has 0 saturated heterocycles. The summed E-state index contributed by atoms with van der Waals surface area (Å²) in [5, 5.41) is 38.7. The van der Waals surface area contributed by atoms with Crippen LogP contribution in [0.3, 0.4) is 0 Å². The molecule has 0 spiro atoms. The van der Waals surface area contributed by atoms with E-state index >= 15 is 0 Å². The highest BCUT2D eigenvalue weighted by Crippen LogP contribution is 2.39. The molecule has 5 nitrogen and oxygen atoms in total. The smallest absolute Gasteiger partial charge is 0.157 e. The molecule has 122 valence electrons. The van der Waals surface area contributed by atoms with Gasteiger partial charge in [0.2, 0.25) is 0 Å². The molecule has 0 amide bonds. The van der Waals surface area contributed by atoms with Gasteiger partial charge in [0, 0.05) is 12.6 Å². The summed E-state index contributed by atoms with van der Waals surface area (Å²) in [5.41, 5.74) is 2.95. The van der Waals surface area contributed by atoms with Gasteiger partial charge >= 0.3 is 0 Å². The van der Waals surface area contributed by atoms with Crippen molar-refractivity contribution in [2.24, 2.45) is 0 Å². The Balaban J connectivity index is 1.98. The minimum Gasteiger partial charge on any atom is -0.504 e. The first kappa shape index (κ1) is 15.5. The number of rotatable bonds is 3. The molecule has 0 fully saturated rings. The molecule has 0 bridgehead atoms. The third-order valence-corrected chi connectivity index (χ3v) is 4.58. The van der Waals surface area contributed by atoms with Gasteiger partial charge in [-0.1, -0.05) is 13.0 Å². The Morgan fingerprint density at radius 1 is 0.957 bits per heavy atom. The van der Waals surface area contributed by atoms with E-state index in [0.29, 0.717) is 6.42 Å². The van der Waals surface area contributed by atoms with Crippen molar-refractivity contribution in [2.45, 2.75) is 25.8 Å². The molecule has 0 aliphatic carbocycles. The van der Waals surface area contributed by atoms with Crippen molar-refractivity contribution in [2.75, 3.05) is 13.1 Å². The second-order valence-corrected chi connectivity index (χ2v) is 5.96. The first-order valence-corrected chi connectivity index (χ1v) is 7.79. The van der Waals surface area contributed by atoms with E-state index in [2.05, 4.69) is 11.8 Å². The number of hydrogen-bond donors (Lipinski definition) is 4. The van der Waals surface area contributed by atoms with Crippen LogP contribution in [0.5, 0.6) is 23.0 Å². The molecular weight excluding hydrogens is 294 g/mol. The number of nitrogens with zero attached hydrogens (tertiary/aromatic N) is 1. The lowest BCUT2D eigenvalue weighted by molar-refractivity contribution is 0.193. The largest absolute Gasteiger partial charge is 0.504 e. The molecule has 0 radical (unpaired) electrons. The van der Waals surface area contributed by atoms with Crippen LogP contribution in [0, 0.1) is 0 Å². The van der Waals surface area contributed by atoms with Gasteiger partial charge in [-0.05, 0) is 60.3 Å². The van der Waals surface area contributed by atoms with Gasteiger partial charge in [-0.3, -0.25) is 4.90 Å². The Labute approximate surface area is 135 Å². The lowest BCUT2D eigenvalue weighted by Crippen LogP contribution is -2.36. The summed E-state index contributed by atoms with van der Waals surface area (Å²) < 4.78 is 0. The van der Waals surface area contributed by atoms with E-state index in [9.17, 15) is 20.4 Å². The highest BCUT2D eigenvalue weighted by atomic mass is 16.3. The zero-order valence-corrected chi connectivity index (χ0v) is 13.0. The fourth-order valence-corrected chi connectivity index (χ4v) is 3.32. The number of benzene rings is 2. The number of phenols is 4. The number of fused-ring (bicyclic) bond motifs is 1. The summed E-state index contributed by atoms with van der Waals surface area (Å²) in [4.78, 5) is 2.31. The Hall–Kier alpha value is -2.40. The summed E-state index contributed by atoms with van der Waals surface area (Å²) in [6.45, 7) is 3.84. The molecule has 2 aromatic carbocycles. The average molecular weight is 315 g/mol. The summed E-state index contributed by atoms with van der Waals surface area (Å²) >= 11 is 0. The van der Waals surface area contributed by atoms with Crippen molar-refractivity contribution < 1.29 is 20.4 Å². The normalized spacial score (nSPS) is 17.9. The quantitative estimate of drug-likeness (QED) is 0.655. The lowest BCUT2D eigenvalue weighted by Gasteiger charge is -2.37. The second kappa shape index (κ2) is 6.01. The zero-order valence-electron chi connectivity index (χ0n) is 13.0. The molecule has 0 aromatic heterocycles. The van der Waals surface area contributed by atoms with E-state index in [0.717, 1.165) is 36.2 Å². The van der Waals surface area contributed by atoms with Gasteiger partial charge < -0.3 is 20.4 Å². The molecule has 1 aliphatic heterocycles. The van der Waals surface area contributed by atoms with Gasteiger partial charge in [0.25, 0.3) is 0 Å². The highest BCUT2D eigenvalue weighted by molar-refractivity contribution is 5.48. The van der Waals surface area contributed by atoms with Gasteiger partial charge in [-0.15, -0.1) is 0 Å². The molecule has 3 rings (SSSR count). The van der Waals surface area contributed by atoms with Crippen LogP contribution < -0.4 is 0 Å². The van der Waals surface area contributed by atoms with Crippen molar-refractivity contribution in [3.63, 3.8) is 0 Å². The maximum atomic E-state index is 9.86. The third kappa shape index (κ3) is 2.92. The number of hydrogen-bond acceptors (Lipinski definition) is 5. The van der Waals surface area contributed by atoms with Gasteiger partial charge in [0.05, 0.1) is 0 Å². The van der Waals surface area contributed by atoms with Crippen LogP contribution in [0.4, 0.5) is 0 Å². The van der Waals surface area contributed by atoms with Crippen molar-refractivity contribution in [3.8, 4) is 23.0 Å². The molecule has 2 aromatic rings. The Morgan fingerprint density at radius 2 is 1.65 bits per heavy atom. The molecule has 1 heterocycles. The maximum Gasteiger partial charge on any atom is 0.157 e. The van der Waals surface area contributed by atoms with Crippen molar-refractivity contribution in [1.82, 2.24) is 4.90 Å². The fourth-order valence-electron chi connectivity index (χ4n) is 3.32. The predicted molar refractivity (Wildman–Crippen MR) is 86.9 cm³/mol. The van der Waals surface area contributed by atoms with E-state index < -0.39 is 0 Å². The van der Waals surface area contributed by atoms with Gasteiger partial charge in [0.1, 0.15) is 0 Å². The monoisotopic (exact) mass is 315 g/mol. The van der Waals surface area contributed by atoms with Crippen LogP contribution in [-0.4, -0.2) is 38.4 Å². The van der Waals surface area contributed by atoms with E-state index in [-0.39, 0.29) is 29.0 Å². The van der Waals surface area contributed by atoms with E-state index in [4.69, 9.17) is 0 Å². The molecule has 0 saturated carbocycles. The Kier molecular flexibility index (Phi) is 4.05. The standard InChI is InChI=1S/C18H21NO4/c1-2-19-6-5-12-9-17(22)18(23)10-13(12)14(19)7-11-3-4-15(20)16(21)8-11/h3-4,8-10,14,20-23H,2,5-7H2,1H3. The summed E-state index contributed by atoms with van der Waals surface area (Å²) in [7, 11) is 0. The SMILES string of the molecule is CCN1CCc2cc(O)c(O)cc2C1Cc1ccc(O)c(O)c1. The van der Waals surface area contributed by atoms with Crippen LogP contribution in [0.15, 0.2) is 30.3 Å². The molecule has 23 heavy (non-hydrogen) atoms. The third-order valence-electron chi connectivity index (χ3n) is 4.58. The van der Waals surface area contributed by atoms with Crippen molar-refractivity contribution >= 4 is 0 Å². The first-order valence-electron chi connectivity index (χ1n) is 7.79. The minimum atomic E-state index is -0.132. The van der Waals surface area contributed by atoms with Crippen LogP contribution in [0.2, 0.25) is 0 Å². The van der Waals surface area contributed by atoms with Gasteiger partial charge in [0.15, 0.2) is 23.0 Å². The molecular formula is C18H21NO4. The van der Waals surface area contributed by atoms with E-state index in [1.165, 1.54) is 6.07 Å². The van der Waals surface area contributed by atoms with Gasteiger partial charge in [-0.25, -0.2) is 0 Å². The highest BCUT2D eigenvalue weighted by Gasteiger charge is 2.28. The maximum absolute atomic E-state index is 9.86. The average Bonchev–Trinajstić information content (AvgIpc) is 2.53. The van der Waals surface area contributed by atoms with Crippen LogP contribution in [0.1, 0.15) is 29.7 Å². The van der Waals surface area contributed by atoms with E-state index in [1.54, 1.807) is 24.3 Å².